The Bertz CT molecular complexity index is 1390. The van der Waals surface area contributed by atoms with Crippen molar-refractivity contribution in [3.05, 3.63) is 100 Å². The van der Waals surface area contributed by atoms with Crippen LogP contribution < -0.4 is 9.47 Å². The van der Waals surface area contributed by atoms with Gasteiger partial charge < -0.3 is 19.5 Å². The number of carbonyl (C=O) groups is 2. The minimum absolute atomic E-state index is 0.0149. The number of para-hydroxylation sites is 1. The summed E-state index contributed by atoms with van der Waals surface area (Å²) in [6, 6.07) is 19.9. The van der Waals surface area contributed by atoms with E-state index >= 15 is 0 Å². The van der Waals surface area contributed by atoms with Crippen molar-refractivity contribution in [2.45, 2.75) is 58.2 Å². The van der Waals surface area contributed by atoms with Crippen molar-refractivity contribution in [3.8, 4) is 11.5 Å². The van der Waals surface area contributed by atoms with E-state index in [0.717, 1.165) is 36.8 Å². The zero-order valence-electron chi connectivity index (χ0n) is 22.1. The van der Waals surface area contributed by atoms with Crippen molar-refractivity contribution in [2.24, 2.45) is 0 Å². The highest BCUT2D eigenvalue weighted by Gasteiger charge is 2.46. The highest BCUT2D eigenvalue weighted by atomic mass is 16.5. The monoisotopic (exact) mass is 511 g/mol. The number of carbonyl (C=O) groups excluding carboxylic acids is 2. The maximum atomic E-state index is 13.5. The predicted octanol–water partition coefficient (Wildman–Crippen LogP) is 5.98. The molecule has 1 amide bonds. The molecular weight excluding hydrogens is 478 g/mol. The van der Waals surface area contributed by atoms with Crippen molar-refractivity contribution < 1.29 is 24.2 Å². The van der Waals surface area contributed by atoms with Gasteiger partial charge in [0.05, 0.1) is 31.4 Å². The van der Waals surface area contributed by atoms with E-state index in [4.69, 9.17) is 9.47 Å². The molecule has 5 rings (SSSR count). The molecule has 1 unspecified atom stereocenters. The first-order valence-electron chi connectivity index (χ1n) is 13.2. The van der Waals surface area contributed by atoms with Gasteiger partial charge >= 0.3 is 0 Å². The largest absolute Gasteiger partial charge is 0.507 e. The molecule has 3 aromatic carbocycles. The second-order valence-corrected chi connectivity index (χ2v) is 10.2. The quantitative estimate of drug-likeness (QED) is 0.240. The smallest absolute Gasteiger partial charge is 0.295 e. The van der Waals surface area contributed by atoms with E-state index < -0.39 is 17.7 Å². The molecule has 6 nitrogen and oxygen atoms in total. The number of hydrogen-bond donors (Lipinski definition) is 1. The molecule has 1 saturated heterocycles. The Morgan fingerprint density at radius 3 is 2.39 bits per heavy atom. The van der Waals surface area contributed by atoms with Crippen LogP contribution in [0.25, 0.3) is 5.76 Å². The van der Waals surface area contributed by atoms with E-state index in [1.165, 1.54) is 16.0 Å². The number of methoxy groups -OCH3 is 1. The number of aliphatic hydroxyl groups excluding tert-OH is 1. The number of amides is 1. The number of aliphatic hydroxyl groups is 1. The number of Topliss-reactive ketones (excluding diaryl/α,β-unsaturated/α-hetero) is 1. The van der Waals surface area contributed by atoms with Crippen LogP contribution in [0, 0.1) is 0 Å². The van der Waals surface area contributed by atoms with Crippen LogP contribution in [0.2, 0.25) is 0 Å². The number of ether oxygens (including phenoxy) is 2. The Morgan fingerprint density at radius 1 is 0.974 bits per heavy atom. The number of hydrogen-bond acceptors (Lipinski definition) is 5. The van der Waals surface area contributed by atoms with Crippen LogP contribution in [-0.2, 0) is 29.0 Å². The first kappa shape index (κ1) is 25.6. The van der Waals surface area contributed by atoms with Gasteiger partial charge in [0.2, 0.25) is 0 Å². The first-order valence-corrected chi connectivity index (χ1v) is 13.2. The molecule has 196 valence electrons. The summed E-state index contributed by atoms with van der Waals surface area (Å²) in [7, 11) is 1.58. The third-order valence-corrected chi connectivity index (χ3v) is 7.26. The van der Waals surface area contributed by atoms with E-state index in [9.17, 15) is 14.7 Å². The molecule has 0 bridgehead atoms. The van der Waals surface area contributed by atoms with Crippen LogP contribution in [0.15, 0.2) is 72.3 Å². The number of aryl methyl sites for hydroxylation is 2. The number of ketones is 1. The van der Waals surface area contributed by atoms with Crippen LogP contribution in [0.4, 0.5) is 0 Å². The molecule has 1 heterocycles. The Kier molecular flexibility index (Phi) is 7.23. The molecule has 1 aliphatic carbocycles. The second kappa shape index (κ2) is 10.7. The Labute approximate surface area is 223 Å². The standard InChI is InChI=1S/C32H33NO5/c1-20(2)38-26-16-14-22(15-17-26)29-28(30(34)24-13-12-21-8-4-5-9-23(21)18-24)31(35)32(36)33(29)19-25-10-6-7-11-27(25)37-3/h6-7,10-18,20,29,34H,4-5,8-9,19H2,1-3H3/b30-28-. The van der Waals surface area contributed by atoms with Gasteiger partial charge in [-0.05, 0) is 80.5 Å². The Hall–Kier alpha value is -4.06. The van der Waals surface area contributed by atoms with Gasteiger partial charge in [-0.25, -0.2) is 0 Å². The van der Waals surface area contributed by atoms with E-state index in [1.54, 1.807) is 7.11 Å². The summed E-state index contributed by atoms with van der Waals surface area (Å²) >= 11 is 0. The fourth-order valence-electron chi connectivity index (χ4n) is 5.44. The maximum absolute atomic E-state index is 13.5. The normalized spacial score (nSPS) is 18.5. The van der Waals surface area contributed by atoms with E-state index in [1.807, 2.05) is 80.6 Å². The van der Waals surface area contributed by atoms with Gasteiger partial charge in [0.25, 0.3) is 11.7 Å². The topological polar surface area (TPSA) is 76.1 Å². The van der Waals surface area contributed by atoms with Crippen LogP contribution in [0.3, 0.4) is 0 Å². The molecule has 1 aliphatic heterocycles. The van der Waals surface area contributed by atoms with Gasteiger partial charge in [-0.3, -0.25) is 9.59 Å². The lowest BCUT2D eigenvalue weighted by atomic mass is 9.88. The molecule has 6 heteroatoms. The van der Waals surface area contributed by atoms with Gasteiger partial charge in [-0.15, -0.1) is 0 Å². The molecule has 38 heavy (non-hydrogen) atoms. The lowest BCUT2D eigenvalue weighted by molar-refractivity contribution is -0.140. The first-order chi connectivity index (χ1) is 18.4. The number of benzene rings is 3. The Balaban J connectivity index is 1.61. The van der Waals surface area contributed by atoms with Gasteiger partial charge in [0, 0.05) is 11.1 Å². The average molecular weight is 512 g/mol. The van der Waals surface area contributed by atoms with Gasteiger partial charge in [0.1, 0.15) is 17.3 Å². The van der Waals surface area contributed by atoms with Crippen molar-refractivity contribution >= 4 is 17.4 Å². The molecule has 2 aliphatic rings. The third kappa shape index (κ3) is 4.91. The molecule has 0 aromatic heterocycles. The molecule has 1 atom stereocenters. The second-order valence-electron chi connectivity index (χ2n) is 10.2. The van der Waals surface area contributed by atoms with Gasteiger partial charge in [0.15, 0.2) is 0 Å². The molecule has 1 fully saturated rings. The van der Waals surface area contributed by atoms with Crippen LogP contribution in [0.1, 0.15) is 60.5 Å². The highest BCUT2D eigenvalue weighted by Crippen LogP contribution is 2.41. The number of nitrogens with zero attached hydrogens (tertiary/aromatic N) is 1. The summed E-state index contributed by atoms with van der Waals surface area (Å²) in [5, 5.41) is 11.5. The fraction of sp³-hybridized carbons (Fsp3) is 0.312. The predicted molar refractivity (Wildman–Crippen MR) is 146 cm³/mol. The van der Waals surface area contributed by atoms with Crippen LogP contribution in [0.5, 0.6) is 11.5 Å². The van der Waals surface area contributed by atoms with Crippen molar-refractivity contribution in [3.63, 3.8) is 0 Å². The molecule has 0 spiro atoms. The maximum Gasteiger partial charge on any atom is 0.295 e. The van der Waals surface area contributed by atoms with Crippen molar-refractivity contribution in [1.29, 1.82) is 0 Å². The van der Waals surface area contributed by atoms with Crippen molar-refractivity contribution in [1.82, 2.24) is 4.90 Å². The van der Waals surface area contributed by atoms with E-state index in [-0.39, 0.29) is 24.0 Å². The lowest BCUT2D eigenvalue weighted by Crippen LogP contribution is -2.29. The zero-order valence-corrected chi connectivity index (χ0v) is 22.1. The van der Waals surface area contributed by atoms with Crippen molar-refractivity contribution in [2.75, 3.05) is 7.11 Å². The molecule has 1 N–H and O–H groups in total. The summed E-state index contributed by atoms with van der Waals surface area (Å²) < 4.78 is 11.3. The molecular formula is C32H33NO5. The van der Waals surface area contributed by atoms with E-state index in [0.29, 0.717) is 17.1 Å². The third-order valence-electron chi connectivity index (χ3n) is 7.26. The van der Waals surface area contributed by atoms with Crippen LogP contribution in [-0.4, -0.2) is 34.9 Å². The summed E-state index contributed by atoms with van der Waals surface area (Å²) in [5.41, 5.74) is 4.62. The minimum atomic E-state index is -0.760. The summed E-state index contributed by atoms with van der Waals surface area (Å²) in [4.78, 5) is 28.5. The fourth-order valence-corrected chi connectivity index (χ4v) is 5.44. The summed E-state index contributed by atoms with van der Waals surface area (Å²) in [5.74, 6) is -0.166. The Morgan fingerprint density at radius 2 is 1.68 bits per heavy atom. The molecule has 0 saturated carbocycles. The molecule has 0 radical (unpaired) electrons. The number of rotatable bonds is 7. The van der Waals surface area contributed by atoms with Crippen LogP contribution >= 0.6 is 0 Å². The number of fused-ring (bicyclic) bond motifs is 1. The zero-order chi connectivity index (χ0) is 26.8. The number of likely N-dealkylation sites (tertiary alicyclic amines) is 1. The van der Waals surface area contributed by atoms with E-state index in [2.05, 4.69) is 0 Å². The van der Waals surface area contributed by atoms with Gasteiger partial charge in [-0.1, -0.05) is 42.5 Å². The lowest BCUT2D eigenvalue weighted by Gasteiger charge is -2.26. The molecule has 3 aromatic rings. The highest BCUT2D eigenvalue weighted by molar-refractivity contribution is 6.46. The summed E-state index contributed by atoms with van der Waals surface area (Å²) in [6.07, 6.45) is 4.24. The van der Waals surface area contributed by atoms with Gasteiger partial charge in [-0.2, -0.15) is 0 Å². The SMILES string of the molecule is COc1ccccc1CN1C(=O)C(=O)/C(=C(\O)c2ccc3c(c2)CCCC3)C1c1ccc(OC(C)C)cc1. The minimum Gasteiger partial charge on any atom is -0.507 e. The average Bonchev–Trinajstić information content (AvgIpc) is 3.17. The summed E-state index contributed by atoms with van der Waals surface area (Å²) in [6.45, 7) is 4.06.